The lowest BCUT2D eigenvalue weighted by Crippen LogP contribution is -1.86. The van der Waals surface area contributed by atoms with Crippen LogP contribution in [0.2, 0.25) is 0 Å². The van der Waals surface area contributed by atoms with Crippen molar-refractivity contribution < 1.29 is 5.11 Å². The number of pyridine rings is 1. The van der Waals surface area contributed by atoms with Crippen molar-refractivity contribution in [2.45, 2.75) is 0 Å². The minimum absolute atomic E-state index is 0.106. The number of benzene rings is 1. The molecule has 0 aliphatic carbocycles. The van der Waals surface area contributed by atoms with E-state index in [2.05, 4.69) is 11.1 Å². The first-order chi connectivity index (χ1) is 7.36. The molecule has 1 aromatic carbocycles. The van der Waals surface area contributed by atoms with Gasteiger partial charge in [-0.3, -0.25) is 0 Å². The first-order valence-corrected chi connectivity index (χ1v) is 4.65. The number of hydrogen-bond acceptors (Lipinski definition) is 2. The van der Waals surface area contributed by atoms with Crippen molar-refractivity contribution in [2.75, 3.05) is 0 Å². The molecule has 0 saturated carbocycles. The van der Waals surface area contributed by atoms with Gasteiger partial charge in [-0.2, -0.15) is 0 Å². The highest BCUT2D eigenvalue weighted by atomic mass is 16.3. The summed E-state index contributed by atoms with van der Waals surface area (Å²) in [4.78, 5) is 4.05. The van der Waals surface area contributed by atoms with E-state index in [1.54, 1.807) is 12.3 Å². The monoisotopic (exact) mass is 196 g/mol. The number of rotatable bonds is 2. The van der Waals surface area contributed by atoms with Crippen molar-refractivity contribution in [2.24, 2.45) is 0 Å². The Balaban J connectivity index is 2.29. The van der Waals surface area contributed by atoms with E-state index in [9.17, 15) is 5.11 Å². The Morgan fingerprint density at radius 2 is 1.73 bits per heavy atom. The molecule has 1 heterocycles. The normalized spacial score (nSPS) is 10.8. The van der Waals surface area contributed by atoms with Gasteiger partial charge in [-0.15, -0.1) is 0 Å². The van der Waals surface area contributed by atoms with E-state index < -0.39 is 0 Å². The summed E-state index contributed by atoms with van der Waals surface area (Å²) in [6.45, 7) is 0. The van der Waals surface area contributed by atoms with Gasteiger partial charge in [0.05, 0.1) is 6.07 Å². The van der Waals surface area contributed by atoms with Gasteiger partial charge in [-0.25, -0.2) is 4.98 Å². The fraction of sp³-hybridized carbons (Fsp3) is 0. The molecule has 0 bridgehead atoms. The quantitative estimate of drug-likeness (QED) is 0.591. The average Bonchev–Trinajstić information content (AvgIpc) is 2.31. The van der Waals surface area contributed by atoms with Gasteiger partial charge in [0.15, 0.2) is 0 Å². The van der Waals surface area contributed by atoms with E-state index in [1.807, 2.05) is 42.5 Å². The lowest BCUT2D eigenvalue weighted by Gasteiger charge is -1.89. The second-order valence-electron chi connectivity index (χ2n) is 3.05. The lowest BCUT2D eigenvalue weighted by atomic mass is 10.1. The lowest BCUT2D eigenvalue weighted by molar-refractivity contribution is 0.509. The van der Waals surface area contributed by atoms with Crippen LogP contribution in [0.1, 0.15) is 11.3 Å². The van der Waals surface area contributed by atoms with Gasteiger partial charge in [-0.05, 0) is 24.3 Å². The molecule has 1 N–H and O–H groups in total. The molecule has 1 aromatic heterocycles. The molecular weight excluding hydrogens is 186 g/mol. The van der Waals surface area contributed by atoms with Crippen LogP contribution in [0.4, 0.5) is 0 Å². The van der Waals surface area contributed by atoms with Gasteiger partial charge in [0.2, 0.25) is 5.69 Å². The summed E-state index contributed by atoms with van der Waals surface area (Å²) in [5.41, 5.74) is 1.36. The summed E-state index contributed by atoms with van der Waals surface area (Å²) in [6.07, 6.45) is 4.49. The highest BCUT2D eigenvalue weighted by Crippen LogP contribution is 2.11. The Hall–Kier alpha value is -2.18. The fourth-order valence-electron chi connectivity index (χ4n) is 1.23. The van der Waals surface area contributed by atoms with Crippen molar-refractivity contribution in [1.29, 1.82) is 0 Å². The van der Waals surface area contributed by atoms with Crippen LogP contribution in [-0.4, -0.2) is 10.1 Å². The van der Waals surface area contributed by atoms with Crippen LogP contribution in [0.25, 0.3) is 5.76 Å². The summed E-state index contributed by atoms with van der Waals surface area (Å²) in [6, 6.07) is 14.8. The third-order valence-corrected chi connectivity index (χ3v) is 1.96. The van der Waals surface area contributed by atoms with E-state index in [-0.39, 0.29) is 5.76 Å². The van der Waals surface area contributed by atoms with Crippen LogP contribution in [0.15, 0.2) is 54.7 Å². The predicted octanol–water partition coefficient (Wildman–Crippen LogP) is 2.83. The maximum absolute atomic E-state index is 9.74. The van der Waals surface area contributed by atoms with E-state index >= 15 is 0 Å². The number of hydrogen-bond donors (Lipinski definition) is 1. The smallest absolute Gasteiger partial charge is 0.295 e. The highest BCUT2D eigenvalue weighted by molar-refractivity contribution is 5.58. The van der Waals surface area contributed by atoms with E-state index in [4.69, 9.17) is 0 Å². The van der Waals surface area contributed by atoms with Gasteiger partial charge in [-0.1, -0.05) is 6.07 Å². The van der Waals surface area contributed by atoms with Crippen LogP contribution in [0, 0.1) is 6.08 Å². The molecule has 0 atom stereocenters. The first-order valence-electron chi connectivity index (χ1n) is 4.65. The van der Waals surface area contributed by atoms with E-state index in [1.165, 1.54) is 0 Å². The van der Waals surface area contributed by atoms with Gasteiger partial charge >= 0.3 is 0 Å². The fourth-order valence-corrected chi connectivity index (χ4v) is 1.23. The molecule has 0 unspecified atom stereocenters. The molecule has 0 aliphatic rings. The number of aliphatic hydroxyl groups is 1. The van der Waals surface area contributed by atoms with Gasteiger partial charge in [0, 0.05) is 18.3 Å². The zero-order chi connectivity index (χ0) is 10.5. The Kier molecular flexibility index (Phi) is 2.72. The molecule has 0 spiro atoms. The van der Waals surface area contributed by atoms with Crippen LogP contribution < -0.4 is 0 Å². The molecule has 2 aromatic rings. The van der Waals surface area contributed by atoms with Crippen molar-refractivity contribution in [1.82, 2.24) is 4.98 Å². The van der Waals surface area contributed by atoms with E-state index in [0.29, 0.717) is 5.69 Å². The standard InChI is InChI=1S/C13H9NO/c15-13(11-6-2-1-3-7-11)10-12-8-4-5-9-14-12/h1-9H/p+1. The molecule has 2 rings (SSSR count). The average molecular weight is 196 g/mol. The maximum Gasteiger partial charge on any atom is 0.295 e. The number of aromatic nitrogens is 1. The van der Waals surface area contributed by atoms with Crippen molar-refractivity contribution >= 4 is 5.76 Å². The molecule has 0 radical (unpaired) electrons. The van der Waals surface area contributed by atoms with Gasteiger partial charge in [0.25, 0.3) is 5.76 Å². The number of aliphatic hydroxyl groups excluding tert-OH is 1. The van der Waals surface area contributed by atoms with Crippen LogP contribution in [-0.2, 0) is 0 Å². The van der Waals surface area contributed by atoms with Crippen molar-refractivity contribution in [3.8, 4) is 0 Å². The predicted molar refractivity (Wildman–Crippen MR) is 59.1 cm³/mol. The SMILES string of the molecule is OC(=[C+]c1ccccn1)c1ccccc1. The molecule has 0 amide bonds. The zero-order valence-corrected chi connectivity index (χ0v) is 8.09. The Labute approximate surface area is 88.5 Å². The van der Waals surface area contributed by atoms with Crippen LogP contribution >= 0.6 is 0 Å². The van der Waals surface area contributed by atoms with Crippen LogP contribution in [0.5, 0.6) is 0 Å². The molecule has 0 saturated heterocycles. The molecular formula is C13H10NO+. The molecule has 2 nitrogen and oxygen atoms in total. The third-order valence-electron chi connectivity index (χ3n) is 1.96. The summed E-state index contributed by atoms with van der Waals surface area (Å²) in [7, 11) is 0. The Morgan fingerprint density at radius 1 is 1.00 bits per heavy atom. The molecule has 15 heavy (non-hydrogen) atoms. The first kappa shape index (κ1) is 9.38. The second-order valence-corrected chi connectivity index (χ2v) is 3.05. The Bertz CT molecular complexity index is 448. The minimum atomic E-state index is 0.106. The summed E-state index contributed by atoms with van der Waals surface area (Å²) >= 11 is 0. The molecule has 72 valence electrons. The third kappa shape index (κ3) is 2.39. The van der Waals surface area contributed by atoms with Crippen molar-refractivity contribution in [3.63, 3.8) is 0 Å². The van der Waals surface area contributed by atoms with Crippen LogP contribution in [0.3, 0.4) is 0 Å². The van der Waals surface area contributed by atoms with E-state index in [0.717, 1.165) is 5.56 Å². The summed E-state index contributed by atoms with van der Waals surface area (Å²) < 4.78 is 0. The molecule has 2 heteroatoms. The highest BCUT2D eigenvalue weighted by Gasteiger charge is 2.08. The second kappa shape index (κ2) is 4.36. The largest absolute Gasteiger partial charge is 0.480 e. The Morgan fingerprint density at radius 3 is 2.40 bits per heavy atom. The number of nitrogens with zero attached hydrogens (tertiary/aromatic N) is 1. The zero-order valence-electron chi connectivity index (χ0n) is 8.09. The van der Waals surface area contributed by atoms with Gasteiger partial charge < -0.3 is 5.11 Å². The summed E-state index contributed by atoms with van der Waals surface area (Å²) in [5.74, 6) is 0.106. The minimum Gasteiger partial charge on any atom is -0.480 e. The van der Waals surface area contributed by atoms with Crippen molar-refractivity contribution in [3.05, 3.63) is 72.1 Å². The van der Waals surface area contributed by atoms with Gasteiger partial charge in [0.1, 0.15) is 11.6 Å². The topological polar surface area (TPSA) is 33.1 Å². The summed E-state index contributed by atoms with van der Waals surface area (Å²) in [5, 5.41) is 9.74. The maximum atomic E-state index is 9.74. The molecule has 0 fully saturated rings. The molecule has 0 aliphatic heterocycles.